The Kier molecular flexibility index (Phi) is 7.77. The fraction of sp³-hybridized carbons (Fsp3) is 0.333. The molecule has 0 fully saturated rings. The van der Waals surface area contributed by atoms with E-state index in [4.69, 9.17) is 9.47 Å². The van der Waals surface area contributed by atoms with E-state index in [1.165, 1.54) is 26.4 Å². The van der Waals surface area contributed by atoms with Crippen LogP contribution in [0, 0.1) is 0 Å². The predicted molar refractivity (Wildman–Crippen MR) is 54.2 cm³/mol. The number of hydrogen-bond acceptors (Lipinski definition) is 3. The van der Waals surface area contributed by atoms with Crippen LogP contribution < -0.4 is 66.3 Å². The van der Waals surface area contributed by atoms with Crippen molar-refractivity contribution in [3.05, 3.63) is 18.2 Å². The summed E-state index contributed by atoms with van der Waals surface area (Å²) < 4.78 is 52.2. The first-order chi connectivity index (χ1) is 7.49. The molecule has 0 amide bonds. The molecule has 0 saturated heterocycles. The van der Waals surface area contributed by atoms with E-state index in [-0.39, 0.29) is 69.7 Å². The molecule has 0 unspecified atom stereocenters. The standard InChI is InChI=1S/C9H11BF3O3.K/c1-14-6-16-9-4-3-7(15-2)5-8(9)10(11,12)13;/h3-5H,6H2,1-2H3;/q-1;+1. The molecule has 0 aliphatic heterocycles. The van der Waals surface area contributed by atoms with E-state index in [0.29, 0.717) is 0 Å². The van der Waals surface area contributed by atoms with Crippen LogP contribution in [0.15, 0.2) is 18.2 Å². The Hall–Kier alpha value is 0.271. The molecule has 0 bridgehead atoms. The summed E-state index contributed by atoms with van der Waals surface area (Å²) in [6, 6.07) is 3.52. The maximum atomic E-state index is 12.7. The summed E-state index contributed by atoms with van der Waals surface area (Å²) in [5.74, 6) is -0.117. The van der Waals surface area contributed by atoms with Crippen LogP contribution in [0.3, 0.4) is 0 Å². The zero-order valence-corrected chi connectivity index (χ0v) is 13.0. The van der Waals surface area contributed by atoms with Gasteiger partial charge in [0.05, 0.1) is 12.9 Å². The van der Waals surface area contributed by atoms with E-state index in [1.807, 2.05) is 0 Å². The smallest absolute Gasteiger partial charge is 0.497 e. The molecule has 1 aromatic carbocycles. The predicted octanol–water partition coefficient (Wildman–Crippen LogP) is -1.26. The summed E-state index contributed by atoms with van der Waals surface area (Å²) in [5, 5.41) is 0. The minimum Gasteiger partial charge on any atom is -0.497 e. The first-order valence-corrected chi connectivity index (χ1v) is 4.48. The molecule has 0 N–H and O–H groups in total. The van der Waals surface area contributed by atoms with Gasteiger partial charge in [-0.2, -0.15) is 0 Å². The van der Waals surface area contributed by atoms with E-state index in [9.17, 15) is 12.9 Å². The van der Waals surface area contributed by atoms with E-state index in [0.717, 1.165) is 6.07 Å². The summed E-state index contributed by atoms with van der Waals surface area (Å²) >= 11 is 0. The maximum absolute atomic E-state index is 12.7. The molecular formula is C9H11BF3KO3. The van der Waals surface area contributed by atoms with Gasteiger partial charge in [0.1, 0.15) is 5.75 Å². The van der Waals surface area contributed by atoms with E-state index in [2.05, 4.69) is 4.74 Å². The molecule has 3 nitrogen and oxygen atoms in total. The van der Waals surface area contributed by atoms with Crippen LogP contribution in [-0.4, -0.2) is 28.0 Å². The average molecular weight is 274 g/mol. The second-order valence-electron chi connectivity index (χ2n) is 3.03. The van der Waals surface area contributed by atoms with E-state index < -0.39 is 12.4 Å². The molecule has 0 atom stereocenters. The molecule has 90 valence electrons. The molecule has 0 saturated carbocycles. The third kappa shape index (κ3) is 5.19. The van der Waals surface area contributed by atoms with Gasteiger partial charge in [-0.25, -0.2) is 0 Å². The van der Waals surface area contributed by atoms with Crippen LogP contribution in [0.25, 0.3) is 0 Å². The molecule has 17 heavy (non-hydrogen) atoms. The van der Waals surface area contributed by atoms with Crippen molar-refractivity contribution in [1.29, 1.82) is 0 Å². The summed E-state index contributed by atoms with van der Waals surface area (Å²) in [6.07, 6.45) is 0. The molecule has 0 aliphatic rings. The van der Waals surface area contributed by atoms with Crippen LogP contribution >= 0.6 is 0 Å². The van der Waals surface area contributed by atoms with Gasteiger partial charge in [0.2, 0.25) is 0 Å². The second-order valence-corrected chi connectivity index (χ2v) is 3.03. The van der Waals surface area contributed by atoms with Crippen molar-refractivity contribution in [2.24, 2.45) is 0 Å². The van der Waals surface area contributed by atoms with Crippen molar-refractivity contribution in [3.63, 3.8) is 0 Å². The molecule has 0 aromatic heterocycles. The normalized spacial score (nSPS) is 10.6. The Bertz CT molecular complexity index is 360. The molecule has 1 aromatic rings. The fourth-order valence-electron chi connectivity index (χ4n) is 1.16. The summed E-state index contributed by atoms with van der Waals surface area (Å²) in [6.45, 7) is -5.37. The summed E-state index contributed by atoms with van der Waals surface area (Å²) in [5.41, 5.74) is -0.823. The average Bonchev–Trinajstić information content (AvgIpc) is 2.25. The number of methoxy groups -OCH3 is 2. The molecule has 1 rings (SSSR count). The van der Waals surface area contributed by atoms with Gasteiger partial charge in [-0.3, -0.25) is 0 Å². The van der Waals surface area contributed by atoms with Gasteiger partial charge in [-0.1, -0.05) is 5.46 Å². The van der Waals surface area contributed by atoms with Gasteiger partial charge in [-0.05, 0) is 18.2 Å². The molecule has 0 heterocycles. The Balaban J connectivity index is 0.00000256. The van der Waals surface area contributed by atoms with Crippen LogP contribution in [0.2, 0.25) is 0 Å². The van der Waals surface area contributed by atoms with Crippen molar-refractivity contribution < 1.29 is 78.5 Å². The van der Waals surface area contributed by atoms with Crippen LogP contribution in [0.1, 0.15) is 0 Å². The topological polar surface area (TPSA) is 27.7 Å². The van der Waals surface area contributed by atoms with Crippen LogP contribution in [0.5, 0.6) is 11.5 Å². The van der Waals surface area contributed by atoms with E-state index >= 15 is 0 Å². The van der Waals surface area contributed by atoms with Crippen LogP contribution in [-0.2, 0) is 4.74 Å². The number of benzene rings is 1. The molecule has 0 aliphatic carbocycles. The van der Waals surface area contributed by atoms with Crippen molar-refractivity contribution in [2.75, 3.05) is 21.0 Å². The van der Waals surface area contributed by atoms with Gasteiger partial charge in [-0.15, -0.1) is 0 Å². The zero-order chi connectivity index (χ0) is 12.2. The van der Waals surface area contributed by atoms with Crippen molar-refractivity contribution in [1.82, 2.24) is 0 Å². The summed E-state index contributed by atoms with van der Waals surface area (Å²) in [7, 11) is 2.64. The number of halogens is 3. The SMILES string of the molecule is COCOc1ccc(OC)cc1[B-](F)(F)F.[K+]. The first-order valence-electron chi connectivity index (χ1n) is 4.48. The number of ether oxygens (including phenoxy) is 3. The monoisotopic (exact) mass is 274 g/mol. The zero-order valence-electron chi connectivity index (χ0n) is 9.88. The van der Waals surface area contributed by atoms with Crippen molar-refractivity contribution >= 4 is 12.4 Å². The molecular weight excluding hydrogens is 263 g/mol. The van der Waals surface area contributed by atoms with Gasteiger partial charge >= 0.3 is 58.4 Å². The maximum Gasteiger partial charge on any atom is 1.00 e. The summed E-state index contributed by atoms with van der Waals surface area (Å²) in [4.78, 5) is 0. The third-order valence-electron chi connectivity index (χ3n) is 1.90. The Labute approximate surface area is 140 Å². The minimum absolute atomic E-state index is 0. The van der Waals surface area contributed by atoms with Crippen LogP contribution in [0.4, 0.5) is 12.9 Å². The Morgan fingerprint density at radius 2 is 1.82 bits per heavy atom. The van der Waals surface area contributed by atoms with Crippen molar-refractivity contribution in [3.8, 4) is 11.5 Å². The molecule has 0 radical (unpaired) electrons. The third-order valence-corrected chi connectivity index (χ3v) is 1.90. The Morgan fingerprint density at radius 3 is 2.29 bits per heavy atom. The first kappa shape index (κ1) is 17.3. The quantitative estimate of drug-likeness (QED) is 0.495. The van der Waals surface area contributed by atoms with E-state index in [1.54, 1.807) is 0 Å². The van der Waals surface area contributed by atoms with Gasteiger partial charge in [0.15, 0.2) is 6.79 Å². The second kappa shape index (κ2) is 7.65. The number of hydrogen-bond donors (Lipinski definition) is 0. The Morgan fingerprint density at radius 1 is 1.18 bits per heavy atom. The number of rotatable bonds is 5. The minimum atomic E-state index is -5.14. The van der Waals surface area contributed by atoms with Gasteiger partial charge in [0, 0.05) is 7.11 Å². The molecule has 0 spiro atoms. The fourth-order valence-corrected chi connectivity index (χ4v) is 1.16. The van der Waals surface area contributed by atoms with Crippen molar-refractivity contribution in [2.45, 2.75) is 0 Å². The largest absolute Gasteiger partial charge is 1.00 e. The van der Waals surface area contributed by atoms with Gasteiger partial charge < -0.3 is 27.2 Å². The molecule has 8 heteroatoms. The van der Waals surface area contributed by atoms with Gasteiger partial charge in [0.25, 0.3) is 0 Å².